The van der Waals surface area contributed by atoms with Crippen LogP contribution < -0.4 is 4.72 Å². The summed E-state index contributed by atoms with van der Waals surface area (Å²) in [4.78, 5) is 0.609. The Morgan fingerprint density at radius 1 is 0.923 bits per heavy atom. The zero-order valence-electron chi connectivity index (χ0n) is 13.2. The van der Waals surface area contributed by atoms with Gasteiger partial charge in [-0.15, -0.1) is 22.7 Å². The highest BCUT2D eigenvalue weighted by Gasteiger charge is 2.32. The largest absolute Gasteiger partial charge is 0.240 e. The number of hydrogen-bond acceptors (Lipinski definition) is 6. The van der Waals surface area contributed by atoms with E-state index in [1.54, 1.807) is 29.0 Å². The fourth-order valence-electron chi connectivity index (χ4n) is 2.29. The molecule has 1 atom stereocenters. The highest BCUT2D eigenvalue weighted by atomic mass is 35.5. The highest BCUT2D eigenvalue weighted by molar-refractivity contribution is 7.94. The quantitative estimate of drug-likeness (QED) is 0.594. The van der Waals surface area contributed by atoms with E-state index in [1.807, 2.05) is 0 Å². The summed E-state index contributed by atoms with van der Waals surface area (Å²) in [5.41, 5.74) is 0. The second-order valence-corrected chi connectivity index (χ2v) is 11.8. The molecule has 0 saturated heterocycles. The molecule has 0 aliphatic carbocycles. The SMILES string of the molecule is O=S(=O)(NCC(c1cccs1)S(=O)(=O)c1cccs1)c1ccc(Cl)cc1. The van der Waals surface area contributed by atoms with Gasteiger partial charge in [0, 0.05) is 16.4 Å². The van der Waals surface area contributed by atoms with Gasteiger partial charge < -0.3 is 0 Å². The van der Waals surface area contributed by atoms with E-state index in [1.165, 1.54) is 41.7 Å². The number of hydrogen-bond donors (Lipinski definition) is 1. The Morgan fingerprint density at radius 2 is 1.58 bits per heavy atom. The second kappa shape index (κ2) is 7.79. The maximum Gasteiger partial charge on any atom is 0.240 e. The minimum atomic E-state index is -3.86. The van der Waals surface area contributed by atoms with Gasteiger partial charge in [-0.3, -0.25) is 0 Å². The summed E-state index contributed by atoms with van der Waals surface area (Å²) in [5, 5.41) is 2.86. The van der Waals surface area contributed by atoms with Crippen molar-refractivity contribution in [3.8, 4) is 0 Å². The van der Waals surface area contributed by atoms with Crippen LogP contribution in [0.3, 0.4) is 0 Å². The van der Waals surface area contributed by atoms with Crippen LogP contribution in [0.2, 0.25) is 5.02 Å². The number of sulfonamides is 1. The number of halogens is 1. The molecule has 1 aromatic carbocycles. The van der Waals surface area contributed by atoms with E-state index >= 15 is 0 Å². The molecule has 0 radical (unpaired) electrons. The summed E-state index contributed by atoms with van der Waals surface area (Å²) >= 11 is 8.17. The summed E-state index contributed by atoms with van der Waals surface area (Å²) in [6, 6.07) is 12.3. The van der Waals surface area contributed by atoms with Gasteiger partial charge >= 0.3 is 0 Å². The van der Waals surface area contributed by atoms with Crippen LogP contribution in [-0.4, -0.2) is 23.4 Å². The Morgan fingerprint density at radius 3 is 2.15 bits per heavy atom. The van der Waals surface area contributed by atoms with Crippen LogP contribution in [0.5, 0.6) is 0 Å². The first-order valence-electron chi connectivity index (χ1n) is 7.37. The van der Waals surface area contributed by atoms with Crippen molar-refractivity contribution in [2.75, 3.05) is 6.54 Å². The zero-order valence-corrected chi connectivity index (χ0v) is 17.2. The number of thiophene rings is 2. The average Bonchev–Trinajstić information content (AvgIpc) is 3.29. The molecule has 26 heavy (non-hydrogen) atoms. The molecule has 0 aliphatic heterocycles. The van der Waals surface area contributed by atoms with Gasteiger partial charge in [-0.05, 0) is 47.2 Å². The van der Waals surface area contributed by atoms with Crippen LogP contribution in [0.15, 0.2) is 68.4 Å². The van der Waals surface area contributed by atoms with Crippen LogP contribution >= 0.6 is 34.3 Å². The Hall–Kier alpha value is -1.23. The third-order valence-corrected chi connectivity index (χ3v) is 9.93. The van der Waals surface area contributed by atoms with E-state index in [-0.39, 0.29) is 15.6 Å². The molecule has 5 nitrogen and oxygen atoms in total. The molecule has 0 spiro atoms. The van der Waals surface area contributed by atoms with Gasteiger partial charge in [0.25, 0.3) is 0 Å². The maximum absolute atomic E-state index is 13.0. The lowest BCUT2D eigenvalue weighted by Crippen LogP contribution is -2.31. The summed E-state index contributed by atoms with van der Waals surface area (Å²) in [6.45, 7) is -0.258. The van der Waals surface area contributed by atoms with Crippen molar-refractivity contribution in [1.29, 1.82) is 0 Å². The molecule has 0 saturated carbocycles. The molecule has 1 N–H and O–H groups in total. The van der Waals surface area contributed by atoms with Gasteiger partial charge in [0.05, 0.1) is 4.90 Å². The lowest BCUT2D eigenvalue weighted by Gasteiger charge is -2.16. The molecule has 0 aliphatic rings. The average molecular weight is 448 g/mol. The predicted octanol–water partition coefficient (Wildman–Crippen LogP) is 3.96. The molecule has 2 aromatic heterocycles. The molecule has 2 heterocycles. The fourth-order valence-corrected chi connectivity index (χ4v) is 7.55. The smallest absolute Gasteiger partial charge is 0.222 e. The van der Waals surface area contributed by atoms with E-state index in [0.717, 1.165) is 11.3 Å². The topological polar surface area (TPSA) is 80.3 Å². The molecule has 0 amide bonds. The lowest BCUT2D eigenvalue weighted by molar-refractivity contribution is 0.570. The molecule has 0 bridgehead atoms. The van der Waals surface area contributed by atoms with Gasteiger partial charge in [-0.1, -0.05) is 23.7 Å². The maximum atomic E-state index is 13.0. The van der Waals surface area contributed by atoms with Gasteiger partial charge in [0.1, 0.15) is 9.46 Å². The fraction of sp³-hybridized carbons (Fsp3) is 0.125. The Kier molecular flexibility index (Phi) is 5.85. The van der Waals surface area contributed by atoms with Crippen molar-refractivity contribution in [3.63, 3.8) is 0 Å². The molecular weight excluding hydrogens is 434 g/mol. The van der Waals surface area contributed by atoms with E-state index in [2.05, 4.69) is 4.72 Å². The third-order valence-electron chi connectivity index (χ3n) is 3.59. The van der Waals surface area contributed by atoms with Crippen LogP contribution in [0.1, 0.15) is 10.1 Å². The summed E-state index contributed by atoms with van der Waals surface area (Å²) in [6.07, 6.45) is 0. The van der Waals surface area contributed by atoms with Crippen LogP contribution in [-0.2, 0) is 19.9 Å². The van der Waals surface area contributed by atoms with Gasteiger partial charge in [0.15, 0.2) is 9.84 Å². The molecule has 1 unspecified atom stereocenters. The van der Waals surface area contributed by atoms with Crippen LogP contribution in [0.4, 0.5) is 0 Å². The summed E-state index contributed by atoms with van der Waals surface area (Å²) in [5.74, 6) is 0. The first-order chi connectivity index (χ1) is 12.3. The molecule has 3 rings (SSSR count). The third kappa shape index (κ3) is 4.19. The van der Waals surface area contributed by atoms with Crippen molar-refractivity contribution >= 4 is 54.1 Å². The molecule has 3 aromatic rings. The van der Waals surface area contributed by atoms with E-state index in [4.69, 9.17) is 11.6 Å². The molecule has 0 fully saturated rings. The summed E-state index contributed by atoms with van der Waals surface area (Å²) < 4.78 is 53.5. The lowest BCUT2D eigenvalue weighted by atomic mass is 10.3. The summed E-state index contributed by atoms with van der Waals surface area (Å²) in [7, 11) is -7.57. The minimum Gasteiger partial charge on any atom is -0.222 e. The van der Waals surface area contributed by atoms with Crippen molar-refractivity contribution in [1.82, 2.24) is 4.72 Å². The zero-order chi connectivity index (χ0) is 18.8. The van der Waals surface area contributed by atoms with E-state index in [9.17, 15) is 16.8 Å². The first-order valence-corrected chi connectivity index (χ1v) is 12.5. The number of sulfone groups is 1. The van der Waals surface area contributed by atoms with Crippen molar-refractivity contribution in [3.05, 3.63) is 69.2 Å². The predicted molar refractivity (Wildman–Crippen MR) is 105 cm³/mol. The Bertz CT molecular complexity index is 1060. The molecular formula is C16H14ClNO4S4. The standard InChI is InChI=1S/C16H14ClNO4S4/c17-12-5-7-13(8-6-12)26(21,22)18-11-15(14-3-1-9-23-14)25(19,20)16-4-2-10-24-16/h1-10,15,18H,11H2. The number of rotatable bonds is 7. The van der Waals surface area contributed by atoms with Crippen molar-refractivity contribution < 1.29 is 16.8 Å². The van der Waals surface area contributed by atoms with E-state index < -0.39 is 25.1 Å². The Labute approximate surface area is 165 Å². The van der Waals surface area contributed by atoms with Gasteiger partial charge in [0.2, 0.25) is 10.0 Å². The normalized spacial score (nSPS) is 13.6. The van der Waals surface area contributed by atoms with Crippen LogP contribution in [0, 0.1) is 0 Å². The molecule has 10 heteroatoms. The number of benzene rings is 1. The van der Waals surface area contributed by atoms with Crippen molar-refractivity contribution in [2.45, 2.75) is 14.4 Å². The van der Waals surface area contributed by atoms with Gasteiger partial charge in [-0.2, -0.15) is 0 Å². The monoisotopic (exact) mass is 447 g/mol. The first kappa shape index (κ1) is 19.5. The van der Waals surface area contributed by atoms with Crippen LogP contribution in [0.25, 0.3) is 0 Å². The van der Waals surface area contributed by atoms with E-state index in [0.29, 0.717) is 9.90 Å². The highest BCUT2D eigenvalue weighted by Crippen LogP contribution is 2.33. The Balaban J connectivity index is 1.89. The van der Waals surface area contributed by atoms with Crippen molar-refractivity contribution in [2.24, 2.45) is 0 Å². The second-order valence-electron chi connectivity index (χ2n) is 5.29. The molecule has 138 valence electrons. The number of nitrogens with one attached hydrogen (secondary N) is 1. The van der Waals surface area contributed by atoms with Gasteiger partial charge in [-0.25, -0.2) is 21.6 Å². The minimum absolute atomic E-state index is 0.0281.